The van der Waals surface area contributed by atoms with Crippen LogP contribution < -0.4 is 21.2 Å². The van der Waals surface area contributed by atoms with Crippen LogP contribution in [0.1, 0.15) is 207 Å². The standard InChI is InChI=1S/C82H128N8O8P2/c1-55(2)19-71(47-91)83-39-63-27-64(40-84-72(48-92)20-56(3)4)32-79(31-63)99(80-33-65(41-85-73(49-93)21-57(5)6)28-66(34-80)42-86-74(50-94)22-58(7)8)17-18-100(81-35-67(43-87-75(51-95)23-59(9)10)29-68(36-81)44-88-76(52-96)24-60(11)12)82-37-69(45-89-77(53-97)25-61(13)14)30-70(38-82)46-90-78(54-98)26-62(15)16/h27-46,55-62,71-78,91-98H,17-26,47-54H2,1-16H3/t71-,72-,73-,74-,75-,76-,77-,78-,99?,100?/m1/s1. The summed E-state index contributed by atoms with van der Waals surface area (Å²) in [5, 5.41) is 89.4. The summed E-state index contributed by atoms with van der Waals surface area (Å²) in [5.74, 6) is 2.40. The molecule has 0 fully saturated rings. The van der Waals surface area contributed by atoms with Crippen molar-refractivity contribution < 1.29 is 40.9 Å². The molecule has 16 nitrogen and oxygen atoms in total. The van der Waals surface area contributed by atoms with Gasteiger partial charge in [0.25, 0.3) is 0 Å². The number of aliphatic imine (C=N–C) groups is 8. The van der Waals surface area contributed by atoms with Crippen molar-refractivity contribution in [3.05, 3.63) is 117 Å². The van der Waals surface area contributed by atoms with Crippen LogP contribution in [0, 0.1) is 47.3 Å². The lowest BCUT2D eigenvalue weighted by atomic mass is 10.0. The van der Waals surface area contributed by atoms with E-state index in [9.17, 15) is 40.9 Å². The SMILES string of the molecule is CC(C)C[C@H](CO)N=Cc1cc(C=N[C@@H](CO)CC(C)C)cc(P(CCP(c2cc(C=N[C@@H](CO)CC(C)C)cc(C=N[C@@H](CO)CC(C)C)c2)c2cc(C=N[C@@H](CO)CC(C)C)cc(C=N[C@@H](CO)CC(C)C)c2)c2cc(C=N[C@@H](CO)CC(C)C)cc(C=N[C@@H](CO)CC(C)C)c2)c1. The van der Waals surface area contributed by atoms with Crippen molar-refractivity contribution >= 4 is 86.8 Å². The van der Waals surface area contributed by atoms with Crippen LogP contribution >= 0.6 is 15.8 Å². The molecule has 8 N–H and O–H groups in total. The number of aliphatic hydroxyl groups is 8. The van der Waals surface area contributed by atoms with Gasteiger partial charge in [-0.25, -0.2) is 0 Å². The highest BCUT2D eigenvalue weighted by molar-refractivity contribution is 7.76. The first-order valence-electron chi connectivity index (χ1n) is 37.0. The molecule has 0 aliphatic heterocycles. The van der Waals surface area contributed by atoms with E-state index in [4.69, 9.17) is 39.9 Å². The third-order valence-electron chi connectivity index (χ3n) is 16.8. The molecule has 0 saturated carbocycles. The van der Waals surface area contributed by atoms with Crippen LogP contribution in [-0.4, -0.2) is 204 Å². The Morgan fingerprint density at radius 3 is 0.440 bits per heavy atom. The van der Waals surface area contributed by atoms with Gasteiger partial charge in [-0.3, -0.25) is 39.9 Å². The van der Waals surface area contributed by atoms with Gasteiger partial charge in [0, 0.05) is 49.7 Å². The number of aliphatic hydroxyl groups excluding tert-OH is 8. The third-order valence-corrected chi connectivity index (χ3v) is 22.0. The summed E-state index contributed by atoms with van der Waals surface area (Å²) < 4.78 is 0. The highest BCUT2D eigenvalue weighted by atomic mass is 31.1. The Morgan fingerprint density at radius 1 is 0.220 bits per heavy atom. The average Bonchev–Trinajstić information content (AvgIpc) is 0.802. The zero-order valence-corrected chi connectivity index (χ0v) is 65.4. The minimum absolute atomic E-state index is 0.102. The van der Waals surface area contributed by atoms with Gasteiger partial charge in [0.05, 0.1) is 101 Å². The molecule has 0 amide bonds. The van der Waals surface area contributed by atoms with E-state index < -0.39 is 15.8 Å². The fourth-order valence-corrected chi connectivity index (χ4v) is 17.9. The molecule has 0 aliphatic rings. The zero-order chi connectivity index (χ0) is 73.8. The fraction of sp³-hybridized carbons (Fsp3) is 0.610. The number of nitrogens with zero attached hydrogens (tertiary/aromatic N) is 8. The molecule has 100 heavy (non-hydrogen) atoms. The fourth-order valence-electron chi connectivity index (χ4n) is 12.2. The summed E-state index contributed by atoms with van der Waals surface area (Å²) in [6, 6.07) is 23.4. The van der Waals surface area contributed by atoms with E-state index in [2.05, 4.69) is 184 Å². The quantitative estimate of drug-likeness (QED) is 0.0155. The monoisotopic (exact) mass is 1410 g/mol. The highest BCUT2D eigenvalue weighted by Gasteiger charge is 2.25. The van der Waals surface area contributed by atoms with Gasteiger partial charge < -0.3 is 40.9 Å². The minimum Gasteiger partial charge on any atom is -0.394 e. The van der Waals surface area contributed by atoms with E-state index in [-0.39, 0.29) is 101 Å². The Balaban J connectivity index is 2.36. The first-order valence-corrected chi connectivity index (χ1v) is 40.0. The van der Waals surface area contributed by atoms with Crippen LogP contribution in [-0.2, 0) is 0 Å². The van der Waals surface area contributed by atoms with Crippen molar-refractivity contribution in [2.45, 2.75) is 210 Å². The van der Waals surface area contributed by atoms with E-state index in [0.717, 1.165) is 65.7 Å². The van der Waals surface area contributed by atoms with Crippen molar-refractivity contribution in [3.63, 3.8) is 0 Å². The second kappa shape index (κ2) is 47.2. The molecule has 4 rings (SSSR count). The lowest BCUT2D eigenvalue weighted by molar-refractivity contribution is 0.251. The van der Waals surface area contributed by atoms with Crippen molar-refractivity contribution in [2.24, 2.45) is 87.3 Å². The largest absolute Gasteiger partial charge is 0.394 e. The molecule has 0 bridgehead atoms. The molecule has 4 aromatic rings. The summed E-state index contributed by atoms with van der Waals surface area (Å²) in [5.41, 5.74) is 6.67. The molecule has 0 heterocycles. The molecular formula is C82H128N8O8P2. The van der Waals surface area contributed by atoms with Crippen molar-refractivity contribution in [1.82, 2.24) is 0 Å². The van der Waals surface area contributed by atoms with E-state index >= 15 is 0 Å². The van der Waals surface area contributed by atoms with Gasteiger partial charge in [-0.2, -0.15) is 0 Å². The van der Waals surface area contributed by atoms with Crippen LogP contribution in [0.3, 0.4) is 0 Å². The molecular weight excluding hydrogens is 1290 g/mol. The van der Waals surface area contributed by atoms with Gasteiger partial charge in [-0.05, 0) is 265 Å². The summed E-state index contributed by atoms with van der Waals surface area (Å²) in [6.07, 6.45) is 21.9. The van der Waals surface area contributed by atoms with Crippen molar-refractivity contribution in [2.75, 3.05) is 65.2 Å². The van der Waals surface area contributed by atoms with Crippen molar-refractivity contribution in [3.8, 4) is 0 Å². The van der Waals surface area contributed by atoms with Crippen LogP contribution in [0.15, 0.2) is 113 Å². The smallest absolute Gasteiger partial charge is 0.0733 e. The number of hydrogen-bond acceptors (Lipinski definition) is 16. The van der Waals surface area contributed by atoms with Crippen LogP contribution in [0.4, 0.5) is 0 Å². The van der Waals surface area contributed by atoms with Gasteiger partial charge in [0.2, 0.25) is 0 Å². The maximum absolute atomic E-state index is 10.7. The number of rotatable bonds is 47. The molecule has 0 saturated heterocycles. The van der Waals surface area contributed by atoms with Gasteiger partial charge in [-0.15, -0.1) is 0 Å². The maximum atomic E-state index is 10.7. The van der Waals surface area contributed by atoms with Crippen LogP contribution in [0.2, 0.25) is 0 Å². The van der Waals surface area contributed by atoms with E-state index in [1.807, 2.05) is 49.7 Å². The topological polar surface area (TPSA) is 261 Å². The first-order chi connectivity index (χ1) is 47.7. The Hall–Kier alpha value is -5.22. The molecule has 0 aliphatic carbocycles. The van der Waals surface area contributed by atoms with Gasteiger partial charge in [0.1, 0.15) is 0 Å². The Bertz CT molecular complexity index is 2630. The summed E-state index contributed by atoms with van der Waals surface area (Å²) in [6.45, 7) is 33.2. The Kier molecular flexibility index (Phi) is 41.2. The third kappa shape index (κ3) is 33.9. The predicted molar refractivity (Wildman–Crippen MR) is 431 cm³/mol. The molecule has 554 valence electrons. The zero-order valence-electron chi connectivity index (χ0n) is 63.6. The lowest BCUT2D eigenvalue weighted by Crippen LogP contribution is -2.23. The Morgan fingerprint density at radius 2 is 0.340 bits per heavy atom. The molecule has 4 aromatic carbocycles. The van der Waals surface area contributed by atoms with Crippen molar-refractivity contribution in [1.29, 1.82) is 0 Å². The highest BCUT2D eigenvalue weighted by Crippen LogP contribution is 2.43. The number of benzene rings is 4. The normalized spacial score (nSPS) is 16.1. The molecule has 0 aromatic heterocycles. The van der Waals surface area contributed by atoms with Crippen LogP contribution in [0.25, 0.3) is 0 Å². The molecule has 8 atom stereocenters. The maximum Gasteiger partial charge on any atom is 0.0733 e. The number of hydrogen-bond donors (Lipinski definition) is 8. The molecule has 0 unspecified atom stereocenters. The predicted octanol–water partition coefficient (Wildman–Crippen LogP) is 11.9. The van der Waals surface area contributed by atoms with Gasteiger partial charge >= 0.3 is 0 Å². The van der Waals surface area contributed by atoms with Gasteiger partial charge in [0.15, 0.2) is 0 Å². The van der Waals surface area contributed by atoms with Gasteiger partial charge in [-0.1, -0.05) is 111 Å². The Labute approximate surface area is 604 Å². The molecule has 0 radical (unpaired) electrons. The lowest BCUT2D eigenvalue weighted by Gasteiger charge is -2.26. The molecule has 18 heteroatoms. The first kappa shape index (κ1) is 87.2. The van der Waals surface area contributed by atoms with E-state index in [1.165, 1.54) is 0 Å². The van der Waals surface area contributed by atoms with E-state index in [0.29, 0.717) is 111 Å². The van der Waals surface area contributed by atoms with Crippen LogP contribution in [0.5, 0.6) is 0 Å². The molecule has 0 spiro atoms. The average molecular weight is 1420 g/mol. The summed E-state index contributed by atoms with van der Waals surface area (Å²) in [7, 11) is -2.77. The van der Waals surface area contributed by atoms with E-state index in [1.54, 1.807) is 0 Å². The second-order valence-corrected chi connectivity index (χ2v) is 35.4. The second-order valence-electron chi connectivity index (χ2n) is 30.7. The summed E-state index contributed by atoms with van der Waals surface area (Å²) in [4.78, 5) is 40.2. The minimum atomic E-state index is -1.38. The summed E-state index contributed by atoms with van der Waals surface area (Å²) >= 11 is 0.